The maximum absolute atomic E-state index is 14.4. The number of aryl methyl sites for hydroxylation is 1. The van der Waals surface area contributed by atoms with Crippen molar-refractivity contribution in [3.63, 3.8) is 0 Å². The SMILES string of the molecule is Cc1c(C)c2cc(F)c(OC(C)(C)C)c(F)c2oc1=O. The maximum atomic E-state index is 14.4. The van der Waals surface area contributed by atoms with Crippen molar-refractivity contribution in [3.8, 4) is 5.75 Å². The van der Waals surface area contributed by atoms with Gasteiger partial charge in [-0.05, 0) is 46.2 Å². The van der Waals surface area contributed by atoms with Gasteiger partial charge in [-0.15, -0.1) is 0 Å². The van der Waals surface area contributed by atoms with Crippen LogP contribution in [-0.2, 0) is 0 Å². The largest absolute Gasteiger partial charge is 0.482 e. The predicted molar refractivity (Wildman–Crippen MR) is 72.3 cm³/mol. The van der Waals surface area contributed by atoms with Gasteiger partial charge in [0.05, 0.1) is 0 Å². The van der Waals surface area contributed by atoms with Gasteiger partial charge >= 0.3 is 5.63 Å². The first-order valence-corrected chi connectivity index (χ1v) is 6.23. The number of fused-ring (bicyclic) bond motifs is 1. The summed E-state index contributed by atoms with van der Waals surface area (Å²) in [5.41, 5.74) is -0.854. The van der Waals surface area contributed by atoms with E-state index in [1.807, 2.05) is 0 Å². The van der Waals surface area contributed by atoms with Gasteiger partial charge in [-0.2, -0.15) is 4.39 Å². The van der Waals surface area contributed by atoms with Crippen LogP contribution in [0.25, 0.3) is 11.0 Å². The second kappa shape index (κ2) is 4.58. The van der Waals surface area contributed by atoms with Gasteiger partial charge in [0.15, 0.2) is 17.1 Å². The highest BCUT2D eigenvalue weighted by Crippen LogP contribution is 2.33. The van der Waals surface area contributed by atoms with Gasteiger partial charge in [-0.1, -0.05) is 0 Å². The molecule has 0 N–H and O–H groups in total. The van der Waals surface area contributed by atoms with Crippen LogP contribution in [0.5, 0.6) is 5.75 Å². The Morgan fingerprint density at radius 3 is 2.30 bits per heavy atom. The number of benzene rings is 1. The predicted octanol–water partition coefficient (Wildman–Crippen LogP) is 3.87. The molecular weight excluding hydrogens is 266 g/mol. The molecule has 5 heteroatoms. The summed E-state index contributed by atoms with van der Waals surface area (Å²) < 4.78 is 38.6. The third-order valence-electron chi connectivity index (χ3n) is 3.01. The van der Waals surface area contributed by atoms with Crippen LogP contribution < -0.4 is 10.4 Å². The summed E-state index contributed by atoms with van der Waals surface area (Å²) in [7, 11) is 0. The molecule has 0 radical (unpaired) electrons. The smallest absolute Gasteiger partial charge is 0.339 e. The highest BCUT2D eigenvalue weighted by atomic mass is 19.1. The summed E-state index contributed by atoms with van der Waals surface area (Å²) in [6.45, 7) is 8.19. The Bertz CT molecular complexity index is 740. The van der Waals surface area contributed by atoms with Crippen LogP contribution in [-0.4, -0.2) is 5.60 Å². The molecule has 20 heavy (non-hydrogen) atoms. The van der Waals surface area contributed by atoms with E-state index in [2.05, 4.69) is 0 Å². The first-order chi connectivity index (χ1) is 9.11. The van der Waals surface area contributed by atoms with Crippen molar-refractivity contribution in [1.82, 2.24) is 0 Å². The van der Waals surface area contributed by atoms with Gasteiger partial charge in [0.2, 0.25) is 5.82 Å². The average Bonchev–Trinajstić information content (AvgIpc) is 2.33. The Labute approximate surface area is 115 Å². The molecule has 2 aromatic rings. The molecule has 1 aromatic heterocycles. The van der Waals surface area contributed by atoms with Crippen LogP contribution in [0, 0.1) is 25.5 Å². The topological polar surface area (TPSA) is 39.4 Å². The molecule has 1 heterocycles. The molecule has 0 aliphatic heterocycles. The van der Waals surface area contributed by atoms with Crippen LogP contribution >= 0.6 is 0 Å². The second-order valence-corrected chi connectivity index (χ2v) is 5.73. The summed E-state index contributed by atoms with van der Waals surface area (Å²) >= 11 is 0. The molecule has 2 rings (SSSR count). The fourth-order valence-corrected chi connectivity index (χ4v) is 1.89. The van der Waals surface area contributed by atoms with E-state index in [9.17, 15) is 13.6 Å². The number of ether oxygens (including phenoxy) is 1. The number of hydrogen-bond acceptors (Lipinski definition) is 3. The second-order valence-electron chi connectivity index (χ2n) is 5.73. The molecule has 0 spiro atoms. The van der Waals surface area contributed by atoms with Crippen molar-refractivity contribution in [2.45, 2.75) is 40.2 Å². The molecule has 0 aliphatic carbocycles. The van der Waals surface area contributed by atoms with Gasteiger partial charge in [0.1, 0.15) is 5.60 Å². The van der Waals surface area contributed by atoms with Crippen LogP contribution in [0.4, 0.5) is 8.78 Å². The Kier molecular flexibility index (Phi) is 3.32. The van der Waals surface area contributed by atoms with Crippen LogP contribution in [0.3, 0.4) is 0 Å². The number of hydrogen-bond donors (Lipinski definition) is 0. The Hall–Kier alpha value is -1.91. The standard InChI is InChI=1S/C15H16F2O3/c1-7-8(2)14(18)19-12-9(7)6-10(16)13(11(12)17)20-15(3,4)5/h6H,1-5H3. The first kappa shape index (κ1) is 14.5. The van der Waals surface area contributed by atoms with Crippen molar-refractivity contribution in [2.24, 2.45) is 0 Å². The Morgan fingerprint density at radius 2 is 1.75 bits per heavy atom. The van der Waals surface area contributed by atoms with Crippen molar-refractivity contribution in [3.05, 3.63) is 39.2 Å². The molecule has 0 amide bonds. The van der Waals surface area contributed by atoms with Gasteiger partial charge in [0, 0.05) is 10.9 Å². The molecule has 0 saturated carbocycles. The lowest BCUT2D eigenvalue weighted by Crippen LogP contribution is -2.24. The average molecular weight is 282 g/mol. The van der Waals surface area contributed by atoms with E-state index in [-0.39, 0.29) is 11.0 Å². The van der Waals surface area contributed by atoms with E-state index >= 15 is 0 Å². The molecule has 0 fully saturated rings. The van der Waals surface area contributed by atoms with Gasteiger partial charge in [-0.25, -0.2) is 9.18 Å². The van der Waals surface area contributed by atoms with Crippen molar-refractivity contribution in [1.29, 1.82) is 0 Å². The molecule has 0 aliphatic rings. The van der Waals surface area contributed by atoms with E-state index in [0.717, 1.165) is 6.07 Å². The lowest BCUT2D eigenvalue weighted by molar-refractivity contribution is 0.117. The zero-order chi connectivity index (χ0) is 15.2. The maximum Gasteiger partial charge on any atom is 0.339 e. The number of halogens is 2. The van der Waals surface area contributed by atoms with Gasteiger partial charge in [-0.3, -0.25) is 0 Å². The minimum atomic E-state index is -0.991. The van der Waals surface area contributed by atoms with E-state index in [1.165, 1.54) is 0 Å². The van der Waals surface area contributed by atoms with Crippen molar-refractivity contribution >= 4 is 11.0 Å². The lowest BCUT2D eigenvalue weighted by atomic mass is 10.1. The molecule has 1 aromatic carbocycles. The van der Waals surface area contributed by atoms with Crippen LogP contribution in [0.2, 0.25) is 0 Å². The summed E-state index contributed by atoms with van der Waals surface area (Å²) in [6, 6.07) is 1.13. The zero-order valence-electron chi connectivity index (χ0n) is 12.1. The zero-order valence-corrected chi connectivity index (χ0v) is 12.1. The molecule has 0 atom stereocenters. The summed E-state index contributed by atoms with van der Waals surface area (Å²) in [5.74, 6) is -2.34. The van der Waals surface area contributed by atoms with Crippen molar-refractivity contribution < 1.29 is 17.9 Å². The Balaban J connectivity index is 2.83. The summed E-state index contributed by atoms with van der Waals surface area (Å²) in [4.78, 5) is 11.6. The summed E-state index contributed by atoms with van der Waals surface area (Å²) in [5, 5.41) is 0.235. The Morgan fingerprint density at radius 1 is 1.15 bits per heavy atom. The molecule has 0 saturated heterocycles. The highest BCUT2D eigenvalue weighted by molar-refractivity contribution is 5.83. The normalized spacial score (nSPS) is 11.9. The minimum Gasteiger partial charge on any atom is -0.482 e. The van der Waals surface area contributed by atoms with Gasteiger partial charge < -0.3 is 9.15 Å². The van der Waals surface area contributed by atoms with E-state index in [0.29, 0.717) is 11.1 Å². The van der Waals surface area contributed by atoms with Crippen molar-refractivity contribution in [2.75, 3.05) is 0 Å². The van der Waals surface area contributed by atoms with E-state index in [4.69, 9.17) is 9.15 Å². The number of rotatable bonds is 1. The first-order valence-electron chi connectivity index (χ1n) is 6.23. The molecule has 0 unspecified atom stereocenters. The monoisotopic (exact) mass is 282 g/mol. The molecular formula is C15H16F2O3. The quantitative estimate of drug-likeness (QED) is 0.745. The third kappa shape index (κ3) is 2.40. The molecule has 3 nitrogen and oxygen atoms in total. The van der Waals surface area contributed by atoms with E-state index in [1.54, 1.807) is 34.6 Å². The molecule has 108 valence electrons. The van der Waals surface area contributed by atoms with Crippen LogP contribution in [0.1, 0.15) is 31.9 Å². The van der Waals surface area contributed by atoms with Gasteiger partial charge in [0.25, 0.3) is 0 Å². The fourth-order valence-electron chi connectivity index (χ4n) is 1.89. The third-order valence-corrected chi connectivity index (χ3v) is 3.01. The highest BCUT2D eigenvalue weighted by Gasteiger charge is 2.24. The molecule has 0 bridgehead atoms. The van der Waals surface area contributed by atoms with Crippen LogP contribution in [0.15, 0.2) is 15.3 Å². The fraction of sp³-hybridized carbons (Fsp3) is 0.400. The summed E-state index contributed by atoms with van der Waals surface area (Å²) in [6.07, 6.45) is 0. The minimum absolute atomic E-state index is 0.235. The van der Waals surface area contributed by atoms with E-state index < -0.39 is 28.6 Å². The lowest BCUT2D eigenvalue weighted by Gasteiger charge is -2.22.